The number of nitrogen functional groups attached to an aromatic ring is 1. The van der Waals surface area contributed by atoms with Crippen LogP contribution in [0.2, 0.25) is 0 Å². The van der Waals surface area contributed by atoms with Gasteiger partial charge in [0, 0.05) is 6.07 Å². The highest BCUT2D eigenvalue weighted by atomic mass is 32.1. The molecule has 3 N–H and O–H groups in total. The number of hydrogen-bond donors (Lipinski definition) is 2. The third kappa shape index (κ3) is 2.07. The van der Waals surface area contributed by atoms with Gasteiger partial charge in [-0.3, -0.25) is 0 Å². The summed E-state index contributed by atoms with van der Waals surface area (Å²) in [5, 5.41) is 10.7. The van der Waals surface area contributed by atoms with E-state index < -0.39 is 0 Å². The number of nitrogens with zero attached hydrogens (tertiary/aromatic N) is 4. The maximum Gasteiger partial charge on any atom is 0.233 e. The number of ether oxygens (including phenoxy) is 1. The second-order valence-corrected chi connectivity index (χ2v) is 4.54. The zero-order valence-corrected chi connectivity index (χ0v) is 10.8. The van der Waals surface area contributed by atoms with Gasteiger partial charge in [0.25, 0.3) is 0 Å². The summed E-state index contributed by atoms with van der Waals surface area (Å²) in [5.41, 5.74) is 3.13. The zero-order chi connectivity index (χ0) is 13.2. The fourth-order valence-corrected chi connectivity index (χ4v) is 2.39. The molecule has 0 bridgehead atoms. The predicted octanol–water partition coefficient (Wildman–Crippen LogP) is 1.44. The number of nitrogens with one attached hydrogen (secondary N) is 1. The molecule has 0 radical (unpaired) electrons. The predicted molar refractivity (Wildman–Crippen MR) is 72.8 cm³/mol. The van der Waals surface area contributed by atoms with Crippen molar-refractivity contribution < 1.29 is 4.74 Å². The Kier molecular flexibility index (Phi) is 2.94. The van der Waals surface area contributed by atoms with Gasteiger partial charge >= 0.3 is 0 Å². The Balaban J connectivity index is 2.12. The maximum absolute atomic E-state index is 5.48. The number of aromatic nitrogens is 4. The largest absolute Gasteiger partial charge is 0.480 e. The molecule has 0 aliphatic heterocycles. The monoisotopic (exact) mass is 274 g/mol. The normalized spacial score (nSPS) is 10.6. The Labute approximate surface area is 112 Å². The number of thiophene rings is 1. The van der Waals surface area contributed by atoms with Gasteiger partial charge < -0.3 is 10.2 Å². The van der Waals surface area contributed by atoms with Crippen LogP contribution in [0.5, 0.6) is 5.88 Å². The molecule has 3 heterocycles. The van der Waals surface area contributed by atoms with Gasteiger partial charge in [0.2, 0.25) is 5.88 Å². The summed E-state index contributed by atoms with van der Waals surface area (Å²) in [5.74, 6) is 6.96. The third-order valence-electron chi connectivity index (χ3n) is 2.54. The first-order valence-electron chi connectivity index (χ1n) is 5.42. The lowest BCUT2D eigenvalue weighted by molar-refractivity contribution is 0.392. The van der Waals surface area contributed by atoms with Crippen LogP contribution in [0.15, 0.2) is 23.6 Å². The van der Waals surface area contributed by atoms with Crippen LogP contribution in [0.4, 0.5) is 5.82 Å². The summed E-state index contributed by atoms with van der Waals surface area (Å²) in [6.07, 6.45) is 0. The van der Waals surface area contributed by atoms with Crippen molar-refractivity contribution in [3.63, 3.8) is 0 Å². The first-order chi connectivity index (χ1) is 9.31. The highest BCUT2D eigenvalue weighted by molar-refractivity contribution is 7.16. The zero-order valence-electron chi connectivity index (χ0n) is 9.99. The molecule has 0 spiro atoms. The topological polar surface area (TPSA) is 98.8 Å². The number of rotatable bonds is 3. The van der Waals surface area contributed by atoms with Crippen LogP contribution in [0.1, 0.15) is 0 Å². The van der Waals surface area contributed by atoms with Crippen molar-refractivity contribution in [1.29, 1.82) is 0 Å². The van der Waals surface area contributed by atoms with Gasteiger partial charge in [0.15, 0.2) is 11.6 Å². The number of methoxy groups -OCH3 is 1. The third-order valence-corrected chi connectivity index (χ3v) is 3.35. The van der Waals surface area contributed by atoms with E-state index in [1.165, 1.54) is 18.4 Å². The van der Waals surface area contributed by atoms with E-state index in [0.29, 0.717) is 23.2 Å². The SMILES string of the molecule is COc1ccc(-c2nc(NN)c3ccsc3n2)nn1. The number of anilines is 1. The van der Waals surface area contributed by atoms with E-state index in [4.69, 9.17) is 10.6 Å². The molecule has 7 nitrogen and oxygen atoms in total. The maximum atomic E-state index is 5.48. The second-order valence-electron chi connectivity index (χ2n) is 3.64. The summed E-state index contributed by atoms with van der Waals surface area (Å²) >= 11 is 1.51. The van der Waals surface area contributed by atoms with E-state index in [-0.39, 0.29) is 0 Å². The van der Waals surface area contributed by atoms with E-state index in [1.54, 1.807) is 12.1 Å². The van der Waals surface area contributed by atoms with Crippen LogP contribution in [0, 0.1) is 0 Å². The molecule has 3 rings (SSSR count). The van der Waals surface area contributed by atoms with E-state index >= 15 is 0 Å². The highest BCUT2D eigenvalue weighted by Gasteiger charge is 2.11. The minimum Gasteiger partial charge on any atom is -0.480 e. The van der Waals surface area contributed by atoms with Crippen LogP contribution in [0.25, 0.3) is 21.7 Å². The Hall–Kier alpha value is -2.32. The Morgan fingerprint density at radius 3 is 2.79 bits per heavy atom. The van der Waals surface area contributed by atoms with E-state index in [2.05, 4.69) is 25.6 Å². The first-order valence-corrected chi connectivity index (χ1v) is 6.29. The van der Waals surface area contributed by atoms with Crippen molar-refractivity contribution in [3.8, 4) is 17.4 Å². The summed E-state index contributed by atoms with van der Waals surface area (Å²) in [4.78, 5) is 9.61. The smallest absolute Gasteiger partial charge is 0.233 e. The average molecular weight is 274 g/mol. The molecule has 0 aliphatic rings. The molecule has 0 saturated carbocycles. The molecule has 0 unspecified atom stereocenters. The second kappa shape index (κ2) is 4.75. The van der Waals surface area contributed by atoms with Gasteiger partial charge in [-0.25, -0.2) is 15.8 Å². The lowest BCUT2D eigenvalue weighted by atomic mass is 10.3. The fourth-order valence-electron chi connectivity index (χ4n) is 1.63. The summed E-state index contributed by atoms with van der Waals surface area (Å²) in [6, 6.07) is 5.37. The van der Waals surface area contributed by atoms with Crippen LogP contribution >= 0.6 is 11.3 Å². The van der Waals surface area contributed by atoms with Gasteiger partial charge in [-0.15, -0.1) is 21.5 Å². The summed E-state index contributed by atoms with van der Waals surface area (Å²) < 4.78 is 4.96. The first kappa shape index (κ1) is 11.8. The molecule has 8 heteroatoms. The minimum absolute atomic E-state index is 0.443. The minimum atomic E-state index is 0.443. The van der Waals surface area contributed by atoms with Crippen molar-refractivity contribution in [1.82, 2.24) is 20.2 Å². The quantitative estimate of drug-likeness (QED) is 0.550. The number of hydrazine groups is 1. The molecule has 0 fully saturated rings. The Bertz CT molecular complexity index is 711. The molecule has 0 saturated heterocycles. The molecule has 96 valence electrons. The van der Waals surface area contributed by atoms with Gasteiger partial charge in [0.1, 0.15) is 10.5 Å². The van der Waals surface area contributed by atoms with Crippen molar-refractivity contribution in [2.45, 2.75) is 0 Å². The van der Waals surface area contributed by atoms with Gasteiger partial charge in [0.05, 0.1) is 12.5 Å². The van der Waals surface area contributed by atoms with Gasteiger partial charge in [-0.2, -0.15) is 0 Å². The Morgan fingerprint density at radius 2 is 2.11 bits per heavy atom. The lowest BCUT2D eigenvalue weighted by Crippen LogP contribution is -2.10. The van der Waals surface area contributed by atoms with Crippen LogP contribution < -0.4 is 16.0 Å². The van der Waals surface area contributed by atoms with Crippen molar-refractivity contribution in [3.05, 3.63) is 23.6 Å². The molecule has 19 heavy (non-hydrogen) atoms. The lowest BCUT2D eigenvalue weighted by Gasteiger charge is -2.04. The molecule has 0 aromatic carbocycles. The van der Waals surface area contributed by atoms with Crippen LogP contribution in [0.3, 0.4) is 0 Å². The number of nitrogens with two attached hydrogens (primary N) is 1. The highest BCUT2D eigenvalue weighted by Crippen LogP contribution is 2.27. The Morgan fingerprint density at radius 1 is 1.21 bits per heavy atom. The van der Waals surface area contributed by atoms with E-state index in [1.807, 2.05) is 11.4 Å². The molecule has 0 amide bonds. The van der Waals surface area contributed by atoms with Crippen LogP contribution in [-0.4, -0.2) is 27.3 Å². The molecule has 0 aliphatic carbocycles. The fraction of sp³-hybridized carbons (Fsp3) is 0.0909. The average Bonchev–Trinajstić information content (AvgIpc) is 2.94. The van der Waals surface area contributed by atoms with E-state index in [0.717, 1.165) is 10.2 Å². The van der Waals surface area contributed by atoms with E-state index in [9.17, 15) is 0 Å². The summed E-state index contributed by atoms with van der Waals surface area (Å²) in [7, 11) is 1.54. The standard InChI is InChI=1S/C11H10N6OS/c1-18-8-3-2-7(16-17-8)10-13-9(15-12)6-4-5-19-11(6)14-10/h2-5H,12H2,1H3,(H,13,14,15). The van der Waals surface area contributed by atoms with Gasteiger partial charge in [-0.1, -0.05) is 0 Å². The molecular weight excluding hydrogens is 264 g/mol. The van der Waals surface area contributed by atoms with Gasteiger partial charge in [-0.05, 0) is 17.5 Å². The van der Waals surface area contributed by atoms with Crippen molar-refractivity contribution >= 4 is 27.4 Å². The van der Waals surface area contributed by atoms with Crippen LogP contribution in [-0.2, 0) is 0 Å². The molecule has 3 aromatic heterocycles. The number of fused-ring (bicyclic) bond motifs is 1. The van der Waals surface area contributed by atoms with Crippen molar-refractivity contribution in [2.24, 2.45) is 5.84 Å². The molecule has 0 atom stereocenters. The molecular formula is C11H10N6OS. The molecule has 3 aromatic rings. The summed E-state index contributed by atoms with van der Waals surface area (Å²) in [6.45, 7) is 0. The number of hydrogen-bond acceptors (Lipinski definition) is 8. The van der Waals surface area contributed by atoms with Crippen molar-refractivity contribution in [2.75, 3.05) is 12.5 Å².